The number of hydrogen-bond donors (Lipinski definition) is 10. The number of carbonyl (C=O) groups is 4. The maximum Gasteiger partial charge on any atom is 0.410 e. The van der Waals surface area contributed by atoms with E-state index in [-0.39, 0.29) is 90.9 Å². The van der Waals surface area contributed by atoms with Gasteiger partial charge in [-0.2, -0.15) is 5.26 Å². The number of nitrogen functional groups attached to an aromatic ring is 3. The number of aromatic nitrogens is 8. The molecule has 27 nitrogen and oxygen atoms in total. The molecule has 630 valence electrons. The summed E-state index contributed by atoms with van der Waals surface area (Å²) in [5, 5.41) is 20.9. The Hall–Kier alpha value is -6.85. The molecule has 0 saturated carbocycles. The SMILES string of the molecule is CC.CC.CC.CC.CC.CC.CC.CC.CC#N.CC(C)(C)OC(=O)CCC(CCN)Nc1cccnc1N.CC(C)(C)OC(=O)CCC(CCN)n1c(=O)[nH]c2ncccc21.CC(C)(C)OC(=O)N1CCC(=O)CC1.CO.Cl.Cl.Cl.Nc1cccnc1N.O=c1[nH]c2ncccc2n1C1CCNCC1.[2H]CI. The summed E-state index contributed by atoms with van der Waals surface area (Å²) in [7, 11) is 1.00. The number of nitrogens with two attached hydrogens (primary N) is 5. The monoisotopic (exact) mass is 1700 g/mol. The number of ketones is 1. The topological polar surface area (TPSA) is 425 Å². The van der Waals surface area contributed by atoms with Gasteiger partial charge in [-0.3, -0.25) is 33.5 Å². The van der Waals surface area contributed by atoms with Crippen LogP contribution in [0.15, 0.2) is 82.9 Å². The molecule has 2 saturated heterocycles. The number of aliphatic hydroxyl groups excluding tert-OH is 1. The van der Waals surface area contributed by atoms with Crippen molar-refractivity contribution in [1.29, 1.82) is 5.26 Å². The summed E-state index contributed by atoms with van der Waals surface area (Å²) in [5.74, 6) is 0.588. The summed E-state index contributed by atoms with van der Waals surface area (Å²) < 4.78 is 25.5. The summed E-state index contributed by atoms with van der Waals surface area (Å²) in [5.41, 5.74) is 30.2. The minimum Gasteiger partial charge on any atom is -0.460 e. The first-order valence-electron chi connectivity index (χ1n) is 37.9. The molecule has 0 radical (unpaired) electrons. The minimum absolute atomic E-state index is 0. The number of likely N-dealkylation sites (tertiary alicyclic amines) is 1. The number of nitrogens with one attached hydrogen (secondary N) is 4. The molecule has 0 aliphatic carbocycles. The Labute approximate surface area is 683 Å². The van der Waals surface area contributed by atoms with Crippen molar-refractivity contribution in [3.05, 3.63) is 94.3 Å². The Morgan fingerprint density at radius 3 is 1.39 bits per heavy atom. The number of esters is 2. The van der Waals surface area contributed by atoms with E-state index in [1.54, 1.807) is 58.5 Å². The van der Waals surface area contributed by atoms with E-state index in [1.165, 1.54) is 6.92 Å². The van der Waals surface area contributed by atoms with Gasteiger partial charge in [0.2, 0.25) is 0 Å². The molecule has 6 aromatic rings. The number of nitriles is 1. The van der Waals surface area contributed by atoms with E-state index < -0.39 is 16.8 Å². The number of amides is 1. The van der Waals surface area contributed by atoms with Gasteiger partial charge < -0.3 is 63.5 Å². The zero-order valence-electron chi connectivity index (χ0n) is 71.9. The first-order chi connectivity index (χ1) is 50.5. The van der Waals surface area contributed by atoms with Crippen molar-refractivity contribution in [2.24, 2.45) is 11.5 Å². The van der Waals surface area contributed by atoms with Crippen molar-refractivity contribution in [3.63, 3.8) is 0 Å². The maximum absolute atomic E-state index is 12.2. The summed E-state index contributed by atoms with van der Waals surface area (Å²) in [6.07, 6.45) is 12.2. The maximum atomic E-state index is 12.2. The number of aliphatic hydroxyl groups is 1. The van der Waals surface area contributed by atoms with Crippen molar-refractivity contribution < 1.29 is 39.9 Å². The molecule has 31 heteroatoms. The first kappa shape index (κ1) is 122. The van der Waals surface area contributed by atoms with Crippen molar-refractivity contribution in [2.75, 3.05) is 73.8 Å². The molecule has 2 aliphatic heterocycles. The predicted octanol–water partition coefficient (Wildman–Crippen LogP) is 16.8. The molecule has 2 fully saturated rings. The number of hydrogen-bond acceptors (Lipinski definition) is 22. The Morgan fingerprint density at radius 2 is 0.991 bits per heavy atom. The van der Waals surface area contributed by atoms with Crippen LogP contribution in [0, 0.1) is 11.3 Å². The molecular weight excluding hydrogens is 1560 g/mol. The van der Waals surface area contributed by atoms with E-state index in [0.717, 1.165) is 56.2 Å². The lowest BCUT2D eigenvalue weighted by atomic mass is 10.1. The predicted molar refractivity (Wildman–Crippen MR) is 471 cm³/mol. The van der Waals surface area contributed by atoms with Gasteiger partial charge in [-0.25, -0.2) is 34.3 Å². The number of piperidine rings is 2. The molecule has 15 N–H and O–H groups in total. The summed E-state index contributed by atoms with van der Waals surface area (Å²) in [6.45, 7) is 53.9. The molecule has 1 amide bonds. The second kappa shape index (κ2) is 79.7. The molecule has 2 aliphatic rings. The van der Waals surface area contributed by atoms with Crippen LogP contribution >= 0.6 is 59.8 Å². The standard InChI is InChI=1S/C16H24N4O3.C15H26N4O2.C11H14N4O.C10H17NO3.C5H7N3.C2H3N.8C2H6.CH3I.CH4O.3ClH/c1-16(2,3)23-13(21)7-6-11(8-9-17)20-12-5-4-10-18-14(12)19-15(20)22;1-15(2,3)21-13(20)7-6-11(8-9-16)19-12-5-4-10-18-14(12)17;16-11-14-10-9(2-1-5-13-10)15(11)8-3-6-12-7-4-8;1-10(2,3)14-9(13)11-6-4-8(12)5-7-11;6-4-2-1-3-8-5(4)7;1-2-3;10*1-2;;;/h4-5,10-11H,6-9,17H2,1-3H3,(H,18,19,22);4-5,10-11,19H,6-9,16H2,1-3H3,(H2,17,18);1-2,5,8,12H,3-4,6-7H2,(H,13,14,16);4-7H2,1-3H3;1-3H,6H2,(H2,7,8);1H3;8*1-2H3;1H3;2H,1H3;3*1H/i;;;;;;;;;;;;;;1D;;;;. The highest BCUT2D eigenvalue weighted by atomic mass is 127. The van der Waals surface area contributed by atoms with Gasteiger partial charge in [0.05, 0.1) is 28.5 Å². The Morgan fingerprint density at radius 1 is 0.611 bits per heavy atom. The van der Waals surface area contributed by atoms with Crippen LogP contribution in [-0.2, 0) is 28.6 Å². The number of Topliss-reactive ketones (excluding diaryl/α,β-unsaturated/α-hetero) is 1. The van der Waals surface area contributed by atoms with E-state index in [4.69, 9.17) is 54.6 Å². The number of H-pyrrole nitrogens is 2. The van der Waals surface area contributed by atoms with Gasteiger partial charge >= 0.3 is 29.4 Å². The number of fused-ring (bicyclic) bond motifs is 2. The Bertz CT molecular complexity index is 3210. The van der Waals surface area contributed by atoms with Gasteiger partial charge in [0.15, 0.2) is 11.3 Å². The smallest absolute Gasteiger partial charge is 0.410 e. The zero-order valence-corrected chi connectivity index (χ0v) is 75.5. The molecular formula is C77H149Cl3IN17O10. The van der Waals surface area contributed by atoms with Crippen LogP contribution in [0.1, 0.15) is 258 Å². The third-order valence-electron chi connectivity index (χ3n) is 12.3. The average molecular weight is 1710 g/mol. The molecule has 8 heterocycles. The quantitative estimate of drug-likeness (QED) is 0.0209. The van der Waals surface area contributed by atoms with Crippen LogP contribution in [-0.4, -0.2) is 147 Å². The largest absolute Gasteiger partial charge is 0.460 e. The number of carbonyl (C=O) groups excluding carboxylic acids is 4. The second-order valence-corrected chi connectivity index (χ2v) is 22.9. The number of anilines is 4. The molecule has 0 aromatic carbocycles. The van der Waals surface area contributed by atoms with Crippen molar-refractivity contribution in [2.45, 2.75) is 279 Å². The van der Waals surface area contributed by atoms with Crippen LogP contribution in [0.4, 0.5) is 27.8 Å². The van der Waals surface area contributed by atoms with Gasteiger partial charge in [0.1, 0.15) is 34.2 Å². The highest BCUT2D eigenvalue weighted by Crippen LogP contribution is 2.24. The number of nitrogens with zero attached hydrogens (tertiary/aromatic N) is 8. The average Bonchev–Trinajstić information content (AvgIpc) is 1.66. The molecule has 6 aromatic heterocycles. The number of imidazole rings is 2. The van der Waals surface area contributed by atoms with E-state index in [9.17, 15) is 28.8 Å². The van der Waals surface area contributed by atoms with Crippen LogP contribution in [0.3, 0.4) is 0 Å². The lowest BCUT2D eigenvalue weighted by Gasteiger charge is -2.29. The van der Waals surface area contributed by atoms with Crippen LogP contribution in [0.2, 0.25) is 0 Å². The van der Waals surface area contributed by atoms with E-state index in [2.05, 4.69) is 40.5 Å². The number of ether oxygens (including phenoxy) is 3. The van der Waals surface area contributed by atoms with Gasteiger partial charge in [0.25, 0.3) is 0 Å². The zero-order chi connectivity index (χ0) is 84.0. The van der Waals surface area contributed by atoms with Gasteiger partial charge in [-0.05, 0) is 180 Å². The highest BCUT2D eigenvalue weighted by molar-refractivity contribution is 14.1. The molecule has 108 heavy (non-hydrogen) atoms. The molecule has 0 spiro atoms. The molecule has 2 atom stereocenters. The van der Waals surface area contributed by atoms with Crippen molar-refractivity contribution >= 4 is 129 Å². The van der Waals surface area contributed by atoms with E-state index >= 15 is 0 Å². The minimum atomic E-state index is -0.512. The fourth-order valence-corrected chi connectivity index (χ4v) is 8.61. The number of pyridine rings is 4. The molecule has 2 unspecified atom stereocenters. The fourth-order valence-electron chi connectivity index (χ4n) is 8.61. The lowest BCUT2D eigenvalue weighted by Crippen LogP contribution is -2.41. The van der Waals surface area contributed by atoms with Crippen LogP contribution in [0.25, 0.3) is 22.3 Å². The van der Waals surface area contributed by atoms with Crippen molar-refractivity contribution in [1.82, 2.24) is 49.3 Å². The van der Waals surface area contributed by atoms with Gasteiger partial charge in [-0.1, -0.05) is 133 Å². The van der Waals surface area contributed by atoms with Gasteiger partial charge in [0, 0.05) is 97.1 Å². The number of alkyl halides is 1. The van der Waals surface area contributed by atoms with E-state index in [1.807, 2.05) is 231 Å². The number of aromatic amines is 2. The summed E-state index contributed by atoms with van der Waals surface area (Å²) in [6, 6.07) is 16.5. The first-order valence-corrected chi connectivity index (χ1v) is 38.7. The third kappa shape index (κ3) is 60.0. The third-order valence-corrected chi connectivity index (χ3v) is 12.3. The lowest BCUT2D eigenvalue weighted by molar-refractivity contribution is -0.156. The normalized spacial score (nSPS) is 11.7. The van der Waals surface area contributed by atoms with Crippen molar-refractivity contribution in [3.8, 4) is 6.07 Å². The fraction of sp³-hybridized carbons (Fsp3) is 0.649. The summed E-state index contributed by atoms with van der Waals surface area (Å²) in [4.78, 5) is 93.9. The van der Waals surface area contributed by atoms with E-state index in [0.29, 0.717) is 104 Å². The van der Waals surface area contributed by atoms with Crippen LogP contribution < -0.4 is 50.7 Å². The highest BCUT2D eigenvalue weighted by Gasteiger charge is 2.27. The summed E-state index contributed by atoms with van der Waals surface area (Å²) >= 11 is 1.96. The second-order valence-electron chi connectivity index (χ2n) is 22.9. The molecule has 8 rings (SSSR count). The van der Waals surface area contributed by atoms with Crippen LogP contribution in [0.5, 0.6) is 0 Å². The Kier molecular flexibility index (Phi) is 90.1. The van der Waals surface area contributed by atoms with Gasteiger partial charge in [-0.15, -0.1) is 37.2 Å². The number of halogens is 4. The number of rotatable bonds is 14. The Balaban J connectivity index is -0.000000115. The molecule has 0 bridgehead atoms.